The molecule has 2 aromatic heterocycles. The van der Waals surface area contributed by atoms with Gasteiger partial charge in [0.05, 0.1) is 17.5 Å². The van der Waals surface area contributed by atoms with Gasteiger partial charge in [0.1, 0.15) is 23.2 Å². The molecule has 1 aromatic carbocycles. The van der Waals surface area contributed by atoms with Gasteiger partial charge in [0.15, 0.2) is 0 Å². The summed E-state index contributed by atoms with van der Waals surface area (Å²) in [6.07, 6.45) is 5.11. The second-order valence-electron chi connectivity index (χ2n) is 6.47. The van der Waals surface area contributed by atoms with Crippen LogP contribution in [0.4, 0.5) is 14.6 Å². The number of benzene rings is 1. The number of aromatic nitrogens is 3. The highest BCUT2D eigenvalue weighted by atomic mass is 19.1. The van der Waals surface area contributed by atoms with E-state index in [0.717, 1.165) is 55.9 Å². The molecule has 1 aliphatic rings. The molecule has 0 saturated carbocycles. The third-order valence-electron chi connectivity index (χ3n) is 4.67. The number of nitrogens with zero attached hydrogens (tertiary/aromatic N) is 5. The summed E-state index contributed by atoms with van der Waals surface area (Å²) in [6.45, 7) is 5.74. The number of halogens is 2. The predicted molar refractivity (Wildman–Crippen MR) is 96.1 cm³/mol. The lowest BCUT2D eigenvalue weighted by Crippen LogP contribution is -2.46. The normalized spacial score (nSPS) is 15.3. The molecule has 3 heterocycles. The van der Waals surface area contributed by atoms with Crippen molar-refractivity contribution in [2.24, 2.45) is 0 Å². The van der Waals surface area contributed by atoms with Gasteiger partial charge in [-0.2, -0.15) is 0 Å². The van der Waals surface area contributed by atoms with Gasteiger partial charge in [0, 0.05) is 45.1 Å². The van der Waals surface area contributed by atoms with Crippen molar-refractivity contribution in [1.29, 1.82) is 0 Å². The van der Waals surface area contributed by atoms with Crippen LogP contribution in [0.1, 0.15) is 11.5 Å². The van der Waals surface area contributed by atoms with Gasteiger partial charge in [0.25, 0.3) is 0 Å². The number of aryl methyl sites for hydroxylation is 1. The van der Waals surface area contributed by atoms with E-state index in [4.69, 9.17) is 4.42 Å². The topological polar surface area (TPSA) is 58.3 Å². The quantitative estimate of drug-likeness (QED) is 0.703. The van der Waals surface area contributed by atoms with Crippen molar-refractivity contribution in [2.75, 3.05) is 31.1 Å². The Morgan fingerprint density at radius 1 is 1.11 bits per heavy atom. The third-order valence-corrected chi connectivity index (χ3v) is 4.67. The van der Waals surface area contributed by atoms with Crippen molar-refractivity contribution in [3.05, 3.63) is 59.9 Å². The molecule has 8 heteroatoms. The van der Waals surface area contributed by atoms with Crippen LogP contribution in [0.3, 0.4) is 0 Å². The molecule has 3 aromatic rings. The summed E-state index contributed by atoms with van der Waals surface area (Å²) in [5.41, 5.74) is 0.776. The van der Waals surface area contributed by atoms with Crippen LogP contribution >= 0.6 is 0 Å². The SMILES string of the molecule is Cc1oc(-c2cc(F)ccc2F)nc1CN1CCN(c2cnccn2)CC1. The third kappa shape index (κ3) is 3.80. The van der Waals surface area contributed by atoms with E-state index in [1.54, 1.807) is 25.5 Å². The molecular weight excluding hydrogens is 352 g/mol. The number of hydrogen-bond acceptors (Lipinski definition) is 6. The molecule has 1 saturated heterocycles. The molecule has 0 amide bonds. The van der Waals surface area contributed by atoms with E-state index in [9.17, 15) is 8.78 Å². The lowest BCUT2D eigenvalue weighted by Gasteiger charge is -2.34. The summed E-state index contributed by atoms with van der Waals surface area (Å²) in [7, 11) is 0. The van der Waals surface area contributed by atoms with Crippen LogP contribution < -0.4 is 4.90 Å². The molecule has 6 nitrogen and oxygen atoms in total. The summed E-state index contributed by atoms with van der Waals surface area (Å²) in [5.74, 6) is 0.520. The van der Waals surface area contributed by atoms with Crippen molar-refractivity contribution >= 4 is 5.82 Å². The van der Waals surface area contributed by atoms with Gasteiger partial charge in [0.2, 0.25) is 5.89 Å². The number of hydrogen-bond donors (Lipinski definition) is 0. The van der Waals surface area contributed by atoms with Crippen LogP contribution in [0.15, 0.2) is 41.2 Å². The first-order chi connectivity index (χ1) is 13.1. The Balaban J connectivity index is 1.44. The Labute approximate surface area is 155 Å². The maximum atomic E-state index is 14.0. The molecule has 0 atom stereocenters. The van der Waals surface area contributed by atoms with Gasteiger partial charge in [-0.3, -0.25) is 9.88 Å². The van der Waals surface area contributed by atoms with Crippen LogP contribution in [-0.4, -0.2) is 46.0 Å². The Hall–Kier alpha value is -2.87. The lowest BCUT2D eigenvalue weighted by molar-refractivity contribution is 0.245. The molecule has 0 bridgehead atoms. The number of rotatable bonds is 4. The smallest absolute Gasteiger partial charge is 0.229 e. The van der Waals surface area contributed by atoms with Gasteiger partial charge in [-0.05, 0) is 25.1 Å². The van der Waals surface area contributed by atoms with Crippen LogP contribution in [0.5, 0.6) is 0 Å². The summed E-state index contributed by atoms with van der Waals surface area (Å²) in [4.78, 5) is 17.3. The molecule has 0 N–H and O–H groups in total. The zero-order chi connectivity index (χ0) is 18.8. The van der Waals surface area contributed by atoms with Crippen molar-refractivity contribution in [3.63, 3.8) is 0 Å². The average molecular weight is 371 g/mol. The molecule has 0 unspecified atom stereocenters. The van der Waals surface area contributed by atoms with Crippen molar-refractivity contribution in [2.45, 2.75) is 13.5 Å². The molecular formula is C19H19F2N5O. The minimum absolute atomic E-state index is 0.0387. The molecule has 140 valence electrons. The molecule has 4 rings (SSSR count). The van der Waals surface area contributed by atoms with E-state index >= 15 is 0 Å². The highest BCUT2D eigenvalue weighted by Crippen LogP contribution is 2.26. The fourth-order valence-electron chi connectivity index (χ4n) is 3.15. The number of anilines is 1. The van der Waals surface area contributed by atoms with Crippen LogP contribution in [0.25, 0.3) is 11.5 Å². The first kappa shape index (κ1) is 17.5. The Bertz CT molecular complexity index is 923. The molecule has 27 heavy (non-hydrogen) atoms. The van der Waals surface area contributed by atoms with Crippen LogP contribution in [-0.2, 0) is 6.54 Å². The summed E-state index contributed by atoms with van der Waals surface area (Å²) in [6, 6.07) is 3.26. The van der Waals surface area contributed by atoms with E-state index in [-0.39, 0.29) is 11.5 Å². The van der Waals surface area contributed by atoms with Gasteiger partial charge in [-0.15, -0.1) is 0 Å². The number of piperazine rings is 1. The Kier molecular flexibility index (Phi) is 4.81. The average Bonchev–Trinajstić information content (AvgIpc) is 3.05. The number of oxazole rings is 1. The van der Waals surface area contributed by atoms with E-state index in [0.29, 0.717) is 12.3 Å². The van der Waals surface area contributed by atoms with Gasteiger partial charge in [-0.25, -0.2) is 18.7 Å². The second-order valence-corrected chi connectivity index (χ2v) is 6.47. The predicted octanol–water partition coefficient (Wildman–Crippen LogP) is 3.04. The van der Waals surface area contributed by atoms with Crippen molar-refractivity contribution in [3.8, 4) is 11.5 Å². The molecule has 0 spiro atoms. The van der Waals surface area contributed by atoms with Crippen LogP contribution in [0, 0.1) is 18.6 Å². The van der Waals surface area contributed by atoms with E-state index in [1.165, 1.54) is 0 Å². The minimum atomic E-state index is -0.554. The molecule has 0 radical (unpaired) electrons. The first-order valence-corrected chi connectivity index (χ1v) is 8.75. The second kappa shape index (κ2) is 7.40. The molecule has 0 aliphatic carbocycles. The highest BCUT2D eigenvalue weighted by molar-refractivity contribution is 5.54. The fourth-order valence-corrected chi connectivity index (χ4v) is 3.15. The largest absolute Gasteiger partial charge is 0.441 e. The van der Waals surface area contributed by atoms with Gasteiger partial charge in [-0.1, -0.05) is 0 Å². The van der Waals surface area contributed by atoms with Crippen LogP contribution in [0.2, 0.25) is 0 Å². The fraction of sp³-hybridized carbons (Fsp3) is 0.316. The zero-order valence-corrected chi connectivity index (χ0v) is 14.9. The highest BCUT2D eigenvalue weighted by Gasteiger charge is 2.21. The van der Waals surface area contributed by atoms with Crippen molar-refractivity contribution in [1.82, 2.24) is 19.9 Å². The molecule has 1 aliphatic heterocycles. The standard InChI is InChI=1S/C19H19F2N5O/c1-13-17(24-19(27-13)15-10-14(20)2-3-16(15)21)12-25-6-8-26(9-7-25)18-11-22-4-5-23-18/h2-5,10-11H,6-9,12H2,1H3. The molecule has 1 fully saturated rings. The van der Waals surface area contributed by atoms with E-state index < -0.39 is 11.6 Å². The zero-order valence-electron chi connectivity index (χ0n) is 14.9. The maximum absolute atomic E-state index is 14.0. The Morgan fingerprint density at radius 3 is 2.67 bits per heavy atom. The minimum Gasteiger partial charge on any atom is -0.441 e. The van der Waals surface area contributed by atoms with Crippen molar-refractivity contribution < 1.29 is 13.2 Å². The van der Waals surface area contributed by atoms with Gasteiger partial charge < -0.3 is 9.32 Å². The Morgan fingerprint density at radius 2 is 1.93 bits per heavy atom. The van der Waals surface area contributed by atoms with Gasteiger partial charge >= 0.3 is 0 Å². The monoisotopic (exact) mass is 371 g/mol. The summed E-state index contributed by atoms with van der Waals surface area (Å²) in [5, 5.41) is 0. The first-order valence-electron chi connectivity index (χ1n) is 8.75. The summed E-state index contributed by atoms with van der Waals surface area (Å²) < 4.78 is 33.0. The van der Waals surface area contributed by atoms with E-state index in [2.05, 4.69) is 24.8 Å². The lowest BCUT2D eigenvalue weighted by atomic mass is 10.2. The maximum Gasteiger partial charge on any atom is 0.229 e. The summed E-state index contributed by atoms with van der Waals surface area (Å²) >= 11 is 0. The van der Waals surface area contributed by atoms with E-state index in [1.807, 2.05) is 0 Å².